The maximum atomic E-state index is 11.1. The van der Waals surface area contributed by atoms with Crippen molar-refractivity contribution < 1.29 is 4.79 Å². The first-order valence-electron chi connectivity index (χ1n) is 5.20. The van der Waals surface area contributed by atoms with E-state index in [0.29, 0.717) is 6.42 Å². The van der Waals surface area contributed by atoms with Gasteiger partial charge in [-0.1, -0.05) is 6.92 Å². The standard InChI is InChI=1S/C10H18N4O/c1-3-4-9-12-5-6-14(9)8(2)7-10(15)13-11/h5-6,8H,3-4,7,11H2,1-2H3,(H,13,15). The number of nitrogens with zero attached hydrogens (tertiary/aromatic N) is 2. The number of aryl methyl sites for hydroxylation is 1. The lowest BCUT2D eigenvalue weighted by Gasteiger charge is -2.15. The molecule has 0 aliphatic carbocycles. The molecule has 0 bridgehead atoms. The van der Waals surface area contributed by atoms with Gasteiger partial charge in [0.2, 0.25) is 5.91 Å². The molecule has 0 radical (unpaired) electrons. The van der Waals surface area contributed by atoms with E-state index in [-0.39, 0.29) is 11.9 Å². The Bertz CT molecular complexity index is 321. The summed E-state index contributed by atoms with van der Waals surface area (Å²) in [6.45, 7) is 4.09. The van der Waals surface area contributed by atoms with Gasteiger partial charge in [0.05, 0.1) is 0 Å². The molecule has 1 aromatic heterocycles. The Kier molecular flexibility index (Phi) is 4.30. The maximum absolute atomic E-state index is 11.1. The van der Waals surface area contributed by atoms with Crippen molar-refractivity contribution in [1.82, 2.24) is 15.0 Å². The van der Waals surface area contributed by atoms with Gasteiger partial charge >= 0.3 is 0 Å². The second kappa shape index (κ2) is 5.50. The van der Waals surface area contributed by atoms with Gasteiger partial charge in [0.1, 0.15) is 5.82 Å². The number of hydrogen-bond acceptors (Lipinski definition) is 3. The minimum Gasteiger partial charge on any atom is -0.332 e. The molecule has 1 atom stereocenters. The number of carbonyl (C=O) groups excluding carboxylic acids is 1. The SMILES string of the molecule is CCCc1nccn1C(C)CC(=O)NN. The van der Waals surface area contributed by atoms with Crippen LogP contribution >= 0.6 is 0 Å². The van der Waals surface area contributed by atoms with E-state index in [9.17, 15) is 4.79 Å². The summed E-state index contributed by atoms with van der Waals surface area (Å²) >= 11 is 0. The average Bonchev–Trinajstić information content (AvgIpc) is 2.66. The second-order valence-corrected chi connectivity index (χ2v) is 3.62. The smallest absolute Gasteiger partial charge is 0.235 e. The van der Waals surface area contributed by atoms with Crippen molar-refractivity contribution in [2.75, 3.05) is 0 Å². The molecule has 1 rings (SSSR count). The van der Waals surface area contributed by atoms with E-state index in [2.05, 4.69) is 17.3 Å². The van der Waals surface area contributed by atoms with Gasteiger partial charge in [0.15, 0.2) is 0 Å². The fourth-order valence-corrected chi connectivity index (χ4v) is 1.59. The van der Waals surface area contributed by atoms with Crippen molar-refractivity contribution in [1.29, 1.82) is 0 Å². The number of rotatable bonds is 5. The summed E-state index contributed by atoms with van der Waals surface area (Å²) in [5, 5.41) is 0. The lowest BCUT2D eigenvalue weighted by Crippen LogP contribution is -2.31. The molecule has 1 aromatic rings. The first-order chi connectivity index (χ1) is 7.19. The molecule has 5 heteroatoms. The predicted molar refractivity (Wildman–Crippen MR) is 57.9 cm³/mol. The van der Waals surface area contributed by atoms with Crippen LogP contribution in [0.25, 0.3) is 0 Å². The lowest BCUT2D eigenvalue weighted by molar-refractivity contribution is -0.121. The van der Waals surface area contributed by atoms with Crippen LogP contribution in [0.2, 0.25) is 0 Å². The molecule has 0 aromatic carbocycles. The molecule has 1 amide bonds. The quantitative estimate of drug-likeness (QED) is 0.428. The van der Waals surface area contributed by atoms with E-state index in [4.69, 9.17) is 5.84 Å². The average molecular weight is 210 g/mol. The van der Waals surface area contributed by atoms with Crippen molar-refractivity contribution in [3.63, 3.8) is 0 Å². The number of nitrogens with one attached hydrogen (secondary N) is 1. The molecule has 0 saturated carbocycles. The summed E-state index contributed by atoms with van der Waals surface area (Å²) in [5.74, 6) is 5.91. The zero-order valence-electron chi connectivity index (χ0n) is 9.23. The molecule has 1 heterocycles. The zero-order valence-corrected chi connectivity index (χ0v) is 9.23. The minimum absolute atomic E-state index is 0.0950. The largest absolute Gasteiger partial charge is 0.332 e. The molecule has 0 spiro atoms. The van der Waals surface area contributed by atoms with E-state index in [1.54, 1.807) is 6.20 Å². The molecule has 0 aliphatic rings. The highest BCUT2D eigenvalue weighted by molar-refractivity contribution is 5.75. The van der Waals surface area contributed by atoms with Crippen LogP contribution in [0.15, 0.2) is 12.4 Å². The highest BCUT2D eigenvalue weighted by atomic mass is 16.2. The van der Waals surface area contributed by atoms with Crippen LogP contribution in [-0.4, -0.2) is 15.5 Å². The van der Waals surface area contributed by atoms with Crippen molar-refractivity contribution >= 4 is 5.91 Å². The molecular formula is C10H18N4O. The molecule has 0 aliphatic heterocycles. The van der Waals surface area contributed by atoms with Crippen LogP contribution in [0.1, 0.15) is 38.6 Å². The zero-order chi connectivity index (χ0) is 11.3. The fourth-order valence-electron chi connectivity index (χ4n) is 1.59. The van der Waals surface area contributed by atoms with E-state index >= 15 is 0 Å². The van der Waals surface area contributed by atoms with Crippen LogP contribution < -0.4 is 11.3 Å². The number of hydrogen-bond donors (Lipinski definition) is 2. The Morgan fingerprint density at radius 2 is 2.47 bits per heavy atom. The van der Waals surface area contributed by atoms with E-state index < -0.39 is 0 Å². The fraction of sp³-hybridized carbons (Fsp3) is 0.600. The number of hydrazine groups is 1. The summed E-state index contributed by atoms with van der Waals surface area (Å²) in [6, 6.07) is 0.0950. The molecule has 5 nitrogen and oxygen atoms in total. The normalized spacial score (nSPS) is 12.5. The van der Waals surface area contributed by atoms with Gasteiger partial charge in [-0.25, -0.2) is 10.8 Å². The third-order valence-corrected chi connectivity index (χ3v) is 2.34. The van der Waals surface area contributed by atoms with Gasteiger partial charge in [-0.2, -0.15) is 0 Å². The van der Waals surface area contributed by atoms with Crippen molar-refractivity contribution in [2.45, 2.75) is 39.2 Å². The Labute approximate surface area is 89.6 Å². The molecule has 0 fully saturated rings. The summed E-state index contributed by atoms with van der Waals surface area (Å²) in [6.07, 6.45) is 6.03. The van der Waals surface area contributed by atoms with Crippen LogP contribution in [0.5, 0.6) is 0 Å². The Morgan fingerprint density at radius 1 is 1.73 bits per heavy atom. The number of amides is 1. The maximum Gasteiger partial charge on any atom is 0.235 e. The molecule has 0 saturated heterocycles. The van der Waals surface area contributed by atoms with Crippen molar-refractivity contribution in [2.24, 2.45) is 5.84 Å². The minimum atomic E-state index is -0.154. The van der Waals surface area contributed by atoms with E-state index in [1.165, 1.54) is 0 Å². The summed E-state index contributed by atoms with van der Waals surface area (Å²) in [5.41, 5.74) is 2.14. The second-order valence-electron chi connectivity index (χ2n) is 3.62. The molecule has 3 N–H and O–H groups in total. The van der Waals surface area contributed by atoms with Gasteiger partial charge in [-0.3, -0.25) is 10.2 Å². The lowest BCUT2D eigenvalue weighted by atomic mass is 10.2. The number of imidazole rings is 1. The molecule has 1 unspecified atom stereocenters. The van der Waals surface area contributed by atoms with Gasteiger partial charge in [0, 0.05) is 31.3 Å². The summed E-state index contributed by atoms with van der Waals surface area (Å²) in [7, 11) is 0. The molecular weight excluding hydrogens is 192 g/mol. The third kappa shape index (κ3) is 3.06. The van der Waals surface area contributed by atoms with E-state index in [1.807, 2.05) is 17.7 Å². The third-order valence-electron chi connectivity index (χ3n) is 2.34. The van der Waals surface area contributed by atoms with Gasteiger partial charge < -0.3 is 4.57 Å². The predicted octanol–water partition coefficient (Wildman–Crippen LogP) is 0.777. The van der Waals surface area contributed by atoms with E-state index in [0.717, 1.165) is 18.7 Å². The van der Waals surface area contributed by atoms with Crippen LogP contribution in [-0.2, 0) is 11.2 Å². The molecule has 84 valence electrons. The molecule has 15 heavy (non-hydrogen) atoms. The van der Waals surface area contributed by atoms with Crippen LogP contribution in [0.3, 0.4) is 0 Å². The highest BCUT2D eigenvalue weighted by Gasteiger charge is 2.12. The number of aromatic nitrogens is 2. The van der Waals surface area contributed by atoms with Gasteiger partial charge in [0.25, 0.3) is 0 Å². The van der Waals surface area contributed by atoms with Crippen molar-refractivity contribution in [3.05, 3.63) is 18.2 Å². The Balaban J connectivity index is 2.68. The first-order valence-corrected chi connectivity index (χ1v) is 5.20. The number of carbonyl (C=O) groups is 1. The monoisotopic (exact) mass is 210 g/mol. The summed E-state index contributed by atoms with van der Waals surface area (Å²) in [4.78, 5) is 15.4. The summed E-state index contributed by atoms with van der Waals surface area (Å²) < 4.78 is 2.03. The van der Waals surface area contributed by atoms with Crippen LogP contribution in [0.4, 0.5) is 0 Å². The van der Waals surface area contributed by atoms with Crippen molar-refractivity contribution in [3.8, 4) is 0 Å². The highest BCUT2D eigenvalue weighted by Crippen LogP contribution is 2.14. The van der Waals surface area contributed by atoms with Gasteiger partial charge in [-0.15, -0.1) is 0 Å². The van der Waals surface area contributed by atoms with Crippen LogP contribution in [0, 0.1) is 0 Å². The van der Waals surface area contributed by atoms with Gasteiger partial charge in [-0.05, 0) is 13.3 Å². The topological polar surface area (TPSA) is 72.9 Å². The Hall–Kier alpha value is -1.36. The number of nitrogens with two attached hydrogens (primary N) is 1. The Morgan fingerprint density at radius 3 is 3.07 bits per heavy atom. The first kappa shape index (κ1) is 11.7.